The molecule has 0 fully saturated rings. The summed E-state index contributed by atoms with van der Waals surface area (Å²) in [6.45, 7) is 1.74. The van der Waals surface area contributed by atoms with Crippen LogP contribution < -0.4 is 5.63 Å². The monoisotopic (exact) mass is 254 g/mol. The lowest BCUT2D eigenvalue weighted by Gasteiger charge is -2.08. The van der Waals surface area contributed by atoms with Crippen LogP contribution in [0.5, 0.6) is 0 Å². The van der Waals surface area contributed by atoms with Gasteiger partial charge in [0.25, 0.3) is 0 Å². The molecule has 3 heteroatoms. The Labute approximate surface area is 110 Å². The number of hydrogen-bond acceptors (Lipinski definition) is 3. The average molecular weight is 254 g/mol. The van der Waals surface area contributed by atoms with Gasteiger partial charge in [-0.25, -0.2) is 4.79 Å². The Morgan fingerprint density at radius 3 is 2.68 bits per heavy atom. The van der Waals surface area contributed by atoms with Crippen LogP contribution in [-0.2, 0) is 0 Å². The zero-order valence-electron chi connectivity index (χ0n) is 10.6. The first-order valence-electron chi connectivity index (χ1n) is 6.27. The van der Waals surface area contributed by atoms with Crippen LogP contribution in [0.2, 0.25) is 0 Å². The smallest absolute Gasteiger partial charge is 0.339 e. The fourth-order valence-electron chi connectivity index (χ4n) is 2.31. The molecule has 0 aliphatic heterocycles. The van der Waals surface area contributed by atoms with Crippen molar-refractivity contribution in [1.82, 2.24) is 0 Å². The maximum absolute atomic E-state index is 12.0. The molecule has 0 saturated carbocycles. The van der Waals surface area contributed by atoms with E-state index in [1.165, 1.54) is 0 Å². The predicted octanol–water partition coefficient (Wildman–Crippen LogP) is 3.04. The highest BCUT2D eigenvalue weighted by Crippen LogP contribution is 2.26. The van der Waals surface area contributed by atoms with Crippen LogP contribution in [-0.4, -0.2) is 11.7 Å². The molecule has 1 unspecified atom stereocenters. The van der Waals surface area contributed by atoms with E-state index < -0.39 is 0 Å². The van der Waals surface area contributed by atoms with Gasteiger partial charge in [0.15, 0.2) is 0 Å². The minimum Gasteiger partial charge on any atom is -0.422 e. The molecule has 1 N–H and O–H groups in total. The molecule has 0 bridgehead atoms. The third-order valence-electron chi connectivity index (χ3n) is 3.46. The molecule has 0 aliphatic rings. The zero-order chi connectivity index (χ0) is 13.4. The van der Waals surface area contributed by atoms with Gasteiger partial charge in [-0.2, -0.15) is 0 Å². The number of aliphatic hydroxyl groups is 1. The van der Waals surface area contributed by atoms with Crippen molar-refractivity contribution in [2.75, 3.05) is 6.61 Å². The SMILES string of the molecule is CC(CO)c1cc2ccc3ccccc3c2oc1=O. The van der Waals surface area contributed by atoms with Crippen molar-refractivity contribution >= 4 is 21.7 Å². The summed E-state index contributed by atoms with van der Waals surface area (Å²) in [7, 11) is 0. The first-order valence-corrected chi connectivity index (χ1v) is 6.27. The fourth-order valence-corrected chi connectivity index (χ4v) is 2.31. The fraction of sp³-hybridized carbons (Fsp3) is 0.188. The van der Waals surface area contributed by atoms with Gasteiger partial charge < -0.3 is 9.52 Å². The highest BCUT2D eigenvalue weighted by Gasteiger charge is 2.13. The Kier molecular flexibility index (Phi) is 2.84. The topological polar surface area (TPSA) is 50.4 Å². The van der Waals surface area contributed by atoms with E-state index in [1.807, 2.05) is 42.5 Å². The molecule has 3 rings (SSSR count). The van der Waals surface area contributed by atoms with E-state index in [0.717, 1.165) is 16.2 Å². The quantitative estimate of drug-likeness (QED) is 0.565. The first-order chi connectivity index (χ1) is 9.20. The van der Waals surface area contributed by atoms with Gasteiger partial charge >= 0.3 is 5.63 Å². The number of fused-ring (bicyclic) bond motifs is 3. The van der Waals surface area contributed by atoms with Crippen LogP contribution in [0.25, 0.3) is 21.7 Å². The first kappa shape index (κ1) is 11.9. The highest BCUT2D eigenvalue weighted by molar-refractivity contribution is 6.03. The highest BCUT2D eigenvalue weighted by atomic mass is 16.4. The molecule has 1 aromatic heterocycles. The van der Waals surface area contributed by atoms with Crippen LogP contribution in [0.1, 0.15) is 18.4 Å². The Bertz CT molecular complexity index is 802. The Morgan fingerprint density at radius 2 is 1.89 bits per heavy atom. The summed E-state index contributed by atoms with van der Waals surface area (Å²) in [5.74, 6) is -0.216. The predicted molar refractivity (Wildman–Crippen MR) is 75.5 cm³/mol. The van der Waals surface area contributed by atoms with Gasteiger partial charge in [-0.3, -0.25) is 0 Å². The van der Waals surface area contributed by atoms with E-state index in [2.05, 4.69) is 0 Å². The molecule has 0 aliphatic carbocycles. The molecule has 0 amide bonds. The Hall–Kier alpha value is -2.13. The van der Waals surface area contributed by atoms with E-state index in [0.29, 0.717) is 11.1 Å². The summed E-state index contributed by atoms with van der Waals surface area (Å²) in [6, 6.07) is 13.6. The van der Waals surface area contributed by atoms with Crippen LogP contribution in [0, 0.1) is 0 Å². The second-order valence-corrected chi connectivity index (χ2v) is 4.78. The molecule has 1 heterocycles. The third-order valence-corrected chi connectivity index (χ3v) is 3.46. The second kappa shape index (κ2) is 4.52. The summed E-state index contributed by atoms with van der Waals surface area (Å²) in [5.41, 5.74) is 0.757. The van der Waals surface area contributed by atoms with E-state index in [4.69, 9.17) is 4.42 Å². The van der Waals surface area contributed by atoms with Crippen molar-refractivity contribution in [1.29, 1.82) is 0 Å². The third kappa shape index (κ3) is 1.92. The number of benzene rings is 2. The van der Waals surface area contributed by atoms with Gasteiger partial charge in [-0.05, 0) is 11.5 Å². The molecular formula is C16H14O3. The zero-order valence-corrected chi connectivity index (χ0v) is 10.6. The molecule has 0 saturated heterocycles. The maximum atomic E-state index is 12.0. The second-order valence-electron chi connectivity index (χ2n) is 4.78. The van der Waals surface area contributed by atoms with Crippen LogP contribution in [0.15, 0.2) is 51.7 Å². The maximum Gasteiger partial charge on any atom is 0.339 e. The van der Waals surface area contributed by atoms with Crippen molar-refractivity contribution in [3.05, 3.63) is 58.4 Å². The molecule has 3 nitrogen and oxygen atoms in total. The molecule has 96 valence electrons. The summed E-state index contributed by atoms with van der Waals surface area (Å²) < 4.78 is 5.46. The summed E-state index contributed by atoms with van der Waals surface area (Å²) >= 11 is 0. The van der Waals surface area contributed by atoms with Gasteiger partial charge in [0.1, 0.15) is 5.58 Å². The molecule has 1 atom stereocenters. The summed E-state index contributed by atoms with van der Waals surface area (Å²) in [6.07, 6.45) is 0. The van der Waals surface area contributed by atoms with Gasteiger partial charge in [-0.15, -0.1) is 0 Å². The minimum absolute atomic E-state index is 0.0656. The van der Waals surface area contributed by atoms with Gasteiger partial charge in [-0.1, -0.05) is 43.3 Å². The van der Waals surface area contributed by atoms with Crippen LogP contribution in [0.3, 0.4) is 0 Å². The summed E-state index contributed by atoms with van der Waals surface area (Å²) in [4.78, 5) is 12.0. The Balaban J connectivity index is 2.38. The van der Waals surface area contributed by atoms with E-state index in [1.54, 1.807) is 6.92 Å². The van der Waals surface area contributed by atoms with E-state index in [9.17, 15) is 9.90 Å². The van der Waals surface area contributed by atoms with Gasteiger partial charge in [0, 0.05) is 28.9 Å². The van der Waals surface area contributed by atoms with Crippen molar-refractivity contribution in [3.63, 3.8) is 0 Å². The van der Waals surface area contributed by atoms with Gasteiger partial charge in [0.2, 0.25) is 0 Å². The number of aliphatic hydroxyl groups excluding tert-OH is 1. The van der Waals surface area contributed by atoms with Crippen molar-refractivity contribution in [2.24, 2.45) is 0 Å². The molecular weight excluding hydrogens is 240 g/mol. The average Bonchev–Trinajstić information content (AvgIpc) is 2.45. The molecule has 19 heavy (non-hydrogen) atoms. The minimum atomic E-state index is -0.370. The van der Waals surface area contributed by atoms with E-state index >= 15 is 0 Å². The standard InChI is InChI=1S/C16H14O3/c1-10(9-17)14-8-12-7-6-11-4-2-3-5-13(11)15(12)19-16(14)18/h2-8,10,17H,9H2,1H3. The largest absolute Gasteiger partial charge is 0.422 e. The normalized spacial score (nSPS) is 12.9. The van der Waals surface area contributed by atoms with E-state index in [-0.39, 0.29) is 18.2 Å². The number of rotatable bonds is 2. The van der Waals surface area contributed by atoms with Crippen molar-refractivity contribution in [3.8, 4) is 0 Å². The molecule has 0 spiro atoms. The molecule has 3 aromatic rings. The Morgan fingerprint density at radius 1 is 1.16 bits per heavy atom. The lowest BCUT2D eigenvalue weighted by molar-refractivity contribution is 0.270. The van der Waals surface area contributed by atoms with Gasteiger partial charge in [0.05, 0.1) is 0 Å². The lowest BCUT2D eigenvalue weighted by Crippen LogP contribution is -2.12. The van der Waals surface area contributed by atoms with Crippen LogP contribution in [0.4, 0.5) is 0 Å². The summed E-state index contributed by atoms with van der Waals surface area (Å²) in [5, 5.41) is 12.0. The number of hydrogen-bond donors (Lipinski definition) is 1. The lowest BCUT2D eigenvalue weighted by atomic mass is 10.0. The van der Waals surface area contributed by atoms with Crippen molar-refractivity contribution < 1.29 is 9.52 Å². The molecule has 0 radical (unpaired) electrons. The van der Waals surface area contributed by atoms with Crippen LogP contribution >= 0.6 is 0 Å². The van der Waals surface area contributed by atoms with Crippen molar-refractivity contribution in [2.45, 2.75) is 12.8 Å². The molecule has 2 aromatic carbocycles.